The zero-order valence-corrected chi connectivity index (χ0v) is 18.4. The van der Waals surface area contributed by atoms with Crippen LogP contribution in [-0.4, -0.2) is 28.2 Å². The van der Waals surface area contributed by atoms with E-state index in [0.717, 1.165) is 5.56 Å². The van der Waals surface area contributed by atoms with Crippen molar-refractivity contribution in [2.75, 3.05) is 10.6 Å². The number of urea groups is 1. The topological polar surface area (TPSA) is 96.0 Å². The number of halogens is 2. The molecule has 10 heteroatoms. The first-order valence-electron chi connectivity index (χ1n) is 9.59. The number of nitrogens with zero attached hydrogens (tertiary/aromatic N) is 2. The third-order valence-electron chi connectivity index (χ3n) is 4.65. The average Bonchev–Trinajstić information content (AvgIpc) is 3.22. The molecule has 0 radical (unpaired) electrons. The normalized spacial score (nSPS) is 12.6. The summed E-state index contributed by atoms with van der Waals surface area (Å²) in [6.45, 7) is 3.75. The van der Waals surface area contributed by atoms with Crippen molar-refractivity contribution in [1.29, 1.82) is 0 Å². The molecule has 0 saturated heterocycles. The molecule has 3 N–H and O–H groups in total. The number of hydrogen-bond acceptors (Lipinski definition) is 5. The number of benzene rings is 2. The summed E-state index contributed by atoms with van der Waals surface area (Å²) in [6, 6.07) is 11.4. The molecule has 1 aromatic heterocycles. The second kappa shape index (κ2) is 10.3. The van der Waals surface area contributed by atoms with Crippen LogP contribution in [0, 0.1) is 11.7 Å². The van der Waals surface area contributed by atoms with Crippen molar-refractivity contribution in [2.45, 2.75) is 26.3 Å². The van der Waals surface area contributed by atoms with Gasteiger partial charge in [0.2, 0.25) is 11.0 Å². The minimum atomic E-state index is -0.848. The van der Waals surface area contributed by atoms with Gasteiger partial charge in [-0.1, -0.05) is 67.5 Å². The Hall–Kier alpha value is -3.04. The summed E-state index contributed by atoms with van der Waals surface area (Å²) < 4.78 is 13.8. The molecule has 0 aliphatic rings. The molecule has 2 unspecified atom stereocenters. The van der Waals surface area contributed by atoms with Crippen molar-refractivity contribution < 1.29 is 14.0 Å². The molecule has 0 saturated carbocycles. The lowest BCUT2D eigenvalue weighted by atomic mass is 9.98. The fourth-order valence-corrected chi connectivity index (χ4v) is 3.61. The highest BCUT2D eigenvalue weighted by molar-refractivity contribution is 7.18. The molecule has 2 atom stereocenters. The Balaban J connectivity index is 1.68. The second-order valence-corrected chi connectivity index (χ2v) is 8.26. The van der Waals surface area contributed by atoms with Crippen LogP contribution < -0.4 is 16.0 Å². The highest BCUT2D eigenvalue weighted by Gasteiger charge is 2.27. The Labute approximate surface area is 188 Å². The summed E-state index contributed by atoms with van der Waals surface area (Å²) in [4.78, 5) is 25.2. The van der Waals surface area contributed by atoms with E-state index in [1.807, 2.05) is 26.0 Å². The summed E-state index contributed by atoms with van der Waals surface area (Å²) in [5.74, 6) is -1.17. The predicted molar refractivity (Wildman–Crippen MR) is 121 cm³/mol. The maximum absolute atomic E-state index is 13.8. The van der Waals surface area contributed by atoms with Gasteiger partial charge in [-0.3, -0.25) is 10.1 Å². The molecule has 162 valence electrons. The van der Waals surface area contributed by atoms with Gasteiger partial charge in [0.15, 0.2) is 0 Å². The number of rotatable bonds is 7. The van der Waals surface area contributed by atoms with Crippen molar-refractivity contribution in [3.05, 3.63) is 59.4 Å². The first kappa shape index (κ1) is 22.6. The Bertz CT molecular complexity index is 1060. The number of para-hydroxylation sites is 1. The lowest BCUT2D eigenvalue weighted by Gasteiger charge is -2.23. The van der Waals surface area contributed by atoms with E-state index in [9.17, 15) is 14.0 Å². The van der Waals surface area contributed by atoms with Crippen molar-refractivity contribution in [3.63, 3.8) is 0 Å². The Kier molecular flexibility index (Phi) is 7.54. The molecule has 7 nitrogen and oxygen atoms in total. The van der Waals surface area contributed by atoms with Gasteiger partial charge in [0.25, 0.3) is 0 Å². The van der Waals surface area contributed by atoms with Gasteiger partial charge in [-0.05, 0) is 30.2 Å². The maximum Gasteiger partial charge on any atom is 0.319 e. The van der Waals surface area contributed by atoms with Gasteiger partial charge < -0.3 is 10.6 Å². The van der Waals surface area contributed by atoms with E-state index >= 15 is 0 Å². The van der Waals surface area contributed by atoms with Crippen LogP contribution in [-0.2, 0) is 4.79 Å². The van der Waals surface area contributed by atoms with Crippen LogP contribution in [0.25, 0.3) is 10.6 Å². The van der Waals surface area contributed by atoms with E-state index in [1.165, 1.54) is 29.5 Å². The zero-order chi connectivity index (χ0) is 22.4. The standard InChI is InChI=1S/C21H21ClFN5O2S/c1-3-12(2)17(25-20(30)24-16-7-5-4-6-15(16)23)18(29)26-21-28-27-19(31-21)13-8-10-14(22)11-9-13/h4-12,17H,3H2,1-2H3,(H2,24,25,30)(H,26,28,29). The molecule has 0 spiro atoms. The van der Waals surface area contributed by atoms with Gasteiger partial charge in [0.1, 0.15) is 16.9 Å². The zero-order valence-electron chi connectivity index (χ0n) is 16.9. The quantitative estimate of drug-likeness (QED) is 0.452. The molecular weight excluding hydrogens is 441 g/mol. The summed E-state index contributed by atoms with van der Waals surface area (Å²) in [6.07, 6.45) is 0.643. The number of carbonyl (C=O) groups is 2. The van der Waals surface area contributed by atoms with E-state index in [0.29, 0.717) is 21.6 Å². The van der Waals surface area contributed by atoms with Crippen LogP contribution in [0.4, 0.5) is 20.0 Å². The van der Waals surface area contributed by atoms with Crippen LogP contribution in [0.15, 0.2) is 48.5 Å². The van der Waals surface area contributed by atoms with Crippen LogP contribution in [0.1, 0.15) is 20.3 Å². The number of anilines is 2. The largest absolute Gasteiger partial charge is 0.326 e. The molecular formula is C21H21ClFN5O2S. The molecule has 0 aliphatic heterocycles. The third kappa shape index (κ3) is 5.99. The molecule has 0 aliphatic carbocycles. The third-order valence-corrected chi connectivity index (χ3v) is 5.79. The van der Waals surface area contributed by atoms with Crippen LogP contribution in [0.5, 0.6) is 0 Å². The van der Waals surface area contributed by atoms with E-state index in [-0.39, 0.29) is 11.6 Å². The smallest absolute Gasteiger partial charge is 0.319 e. The highest BCUT2D eigenvalue weighted by Crippen LogP contribution is 2.27. The lowest BCUT2D eigenvalue weighted by molar-refractivity contribution is -0.119. The average molecular weight is 462 g/mol. The first-order chi connectivity index (χ1) is 14.9. The summed E-state index contributed by atoms with van der Waals surface area (Å²) in [5, 5.41) is 17.4. The number of aromatic nitrogens is 2. The molecule has 2 aromatic carbocycles. The maximum atomic E-state index is 13.8. The summed E-state index contributed by atoms with van der Waals surface area (Å²) in [5.41, 5.74) is 0.850. The van der Waals surface area contributed by atoms with Crippen molar-refractivity contribution in [1.82, 2.24) is 15.5 Å². The number of amides is 3. The molecule has 0 bridgehead atoms. The van der Waals surface area contributed by atoms with Gasteiger partial charge in [-0.2, -0.15) is 0 Å². The minimum absolute atomic E-state index is 0.0278. The van der Waals surface area contributed by atoms with Crippen molar-refractivity contribution in [2.24, 2.45) is 5.92 Å². The molecule has 31 heavy (non-hydrogen) atoms. The molecule has 3 rings (SSSR count). The van der Waals surface area contributed by atoms with E-state index in [1.54, 1.807) is 18.2 Å². The van der Waals surface area contributed by atoms with E-state index < -0.39 is 23.8 Å². The Morgan fingerprint density at radius 3 is 2.48 bits per heavy atom. The van der Waals surface area contributed by atoms with Gasteiger partial charge in [-0.15, -0.1) is 10.2 Å². The fourth-order valence-electron chi connectivity index (χ4n) is 2.73. The van der Waals surface area contributed by atoms with Crippen molar-refractivity contribution >= 4 is 45.7 Å². The number of nitrogens with one attached hydrogen (secondary N) is 3. The first-order valence-corrected chi connectivity index (χ1v) is 10.8. The van der Waals surface area contributed by atoms with E-state index in [4.69, 9.17) is 11.6 Å². The second-order valence-electron chi connectivity index (χ2n) is 6.85. The Morgan fingerprint density at radius 1 is 1.10 bits per heavy atom. The summed E-state index contributed by atoms with van der Waals surface area (Å²) >= 11 is 7.11. The van der Waals surface area contributed by atoms with Gasteiger partial charge in [-0.25, -0.2) is 9.18 Å². The summed E-state index contributed by atoms with van der Waals surface area (Å²) in [7, 11) is 0. The highest BCUT2D eigenvalue weighted by atomic mass is 35.5. The Morgan fingerprint density at radius 2 is 1.81 bits per heavy atom. The van der Waals surface area contributed by atoms with Crippen LogP contribution >= 0.6 is 22.9 Å². The van der Waals surface area contributed by atoms with Crippen LogP contribution in [0.3, 0.4) is 0 Å². The minimum Gasteiger partial charge on any atom is -0.326 e. The number of carbonyl (C=O) groups excluding carboxylic acids is 2. The predicted octanol–water partition coefficient (Wildman–Crippen LogP) is 5.17. The molecule has 3 amide bonds. The SMILES string of the molecule is CCC(C)C(NC(=O)Nc1ccccc1F)C(=O)Nc1nnc(-c2ccc(Cl)cc2)s1. The number of hydrogen-bond donors (Lipinski definition) is 3. The van der Waals surface area contributed by atoms with Gasteiger partial charge in [0.05, 0.1) is 5.69 Å². The van der Waals surface area contributed by atoms with Gasteiger partial charge in [0, 0.05) is 10.6 Å². The van der Waals surface area contributed by atoms with Crippen LogP contribution in [0.2, 0.25) is 5.02 Å². The molecule has 1 heterocycles. The monoisotopic (exact) mass is 461 g/mol. The fraction of sp³-hybridized carbons (Fsp3) is 0.238. The molecule has 0 fully saturated rings. The van der Waals surface area contributed by atoms with Crippen molar-refractivity contribution in [3.8, 4) is 10.6 Å². The van der Waals surface area contributed by atoms with Gasteiger partial charge >= 0.3 is 6.03 Å². The molecule has 3 aromatic rings. The van der Waals surface area contributed by atoms with E-state index in [2.05, 4.69) is 26.1 Å². The lowest BCUT2D eigenvalue weighted by Crippen LogP contribution is -2.49.